The van der Waals surface area contributed by atoms with Gasteiger partial charge in [-0.25, -0.2) is 9.69 Å². The van der Waals surface area contributed by atoms with E-state index >= 15 is 0 Å². The molecule has 0 aromatic heterocycles. The average molecular weight is 219 g/mol. The van der Waals surface area contributed by atoms with Crippen LogP contribution in [0, 0.1) is 0 Å². The lowest BCUT2D eigenvalue weighted by Gasteiger charge is -2.18. The highest BCUT2D eigenvalue weighted by Crippen LogP contribution is 2.27. The maximum atomic E-state index is 11.6. The lowest BCUT2D eigenvalue weighted by Crippen LogP contribution is -2.33. The molecular formula is C12H13NO3. The van der Waals surface area contributed by atoms with Crippen molar-refractivity contribution < 1.29 is 14.3 Å². The summed E-state index contributed by atoms with van der Waals surface area (Å²) in [6.07, 6.45) is -0.237. The molecule has 1 unspecified atom stereocenters. The van der Waals surface area contributed by atoms with Gasteiger partial charge in [-0.3, -0.25) is 4.79 Å². The first-order valence-electron chi connectivity index (χ1n) is 5.27. The monoisotopic (exact) mass is 219 g/mol. The molecule has 1 atom stereocenters. The molecule has 84 valence electrons. The van der Waals surface area contributed by atoms with Crippen LogP contribution in [0.2, 0.25) is 0 Å². The number of hydrogen-bond donors (Lipinski definition) is 0. The Morgan fingerprint density at radius 1 is 1.44 bits per heavy atom. The van der Waals surface area contributed by atoms with Crippen LogP contribution in [0.4, 0.5) is 4.79 Å². The highest BCUT2D eigenvalue weighted by Gasteiger charge is 2.37. The first kappa shape index (κ1) is 10.7. The number of nitrogens with zero attached hydrogens (tertiary/aromatic N) is 1. The summed E-state index contributed by atoms with van der Waals surface area (Å²) >= 11 is 0. The summed E-state index contributed by atoms with van der Waals surface area (Å²) < 4.78 is 4.92. The molecule has 16 heavy (non-hydrogen) atoms. The molecule has 0 N–H and O–H groups in total. The quantitative estimate of drug-likeness (QED) is 0.765. The number of hydrogen-bond acceptors (Lipinski definition) is 3. The fourth-order valence-electron chi connectivity index (χ4n) is 1.79. The van der Waals surface area contributed by atoms with Crippen LogP contribution in [-0.2, 0) is 9.53 Å². The summed E-state index contributed by atoms with van der Waals surface area (Å²) in [7, 11) is 0. The van der Waals surface area contributed by atoms with E-state index in [1.807, 2.05) is 30.3 Å². The topological polar surface area (TPSA) is 46.6 Å². The molecule has 2 rings (SSSR count). The van der Waals surface area contributed by atoms with Crippen LogP contribution in [0.25, 0.3) is 0 Å². The summed E-state index contributed by atoms with van der Waals surface area (Å²) in [5.74, 6) is -0.198. The number of ether oxygens (including phenoxy) is 1. The fourth-order valence-corrected chi connectivity index (χ4v) is 1.79. The number of cyclic esters (lactones) is 1. The normalized spacial score (nSPS) is 19.7. The average Bonchev–Trinajstić information content (AvgIpc) is 2.71. The van der Waals surface area contributed by atoms with E-state index in [0.29, 0.717) is 6.42 Å². The summed E-state index contributed by atoms with van der Waals surface area (Å²) in [5.41, 5.74) is 0.926. The smallest absolute Gasteiger partial charge is 0.417 e. The molecular weight excluding hydrogens is 206 g/mol. The minimum Gasteiger partial charge on any atom is -0.446 e. The van der Waals surface area contributed by atoms with Gasteiger partial charge in [0, 0.05) is 6.42 Å². The second-order valence-electron chi connectivity index (χ2n) is 3.62. The standard InChI is InChI=1S/C12H13NO3/c1-2-11(14)13-10(8-16-12(13)15)9-6-4-3-5-7-9/h3-7,10H,2,8H2,1H3. The molecule has 1 fully saturated rings. The van der Waals surface area contributed by atoms with Gasteiger partial charge < -0.3 is 4.74 Å². The van der Waals surface area contributed by atoms with Gasteiger partial charge in [-0.05, 0) is 5.56 Å². The zero-order chi connectivity index (χ0) is 11.5. The molecule has 0 saturated carbocycles. The zero-order valence-electron chi connectivity index (χ0n) is 9.05. The summed E-state index contributed by atoms with van der Waals surface area (Å²) in [6.45, 7) is 1.98. The summed E-state index contributed by atoms with van der Waals surface area (Å²) in [5, 5.41) is 0. The van der Waals surface area contributed by atoms with Crippen molar-refractivity contribution in [3.63, 3.8) is 0 Å². The molecule has 0 aliphatic carbocycles. The number of carbonyl (C=O) groups excluding carboxylic acids is 2. The SMILES string of the molecule is CCC(=O)N1C(=O)OCC1c1ccccc1. The molecule has 1 aliphatic heterocycles. The molecule has 0 spiro atoms. The number of rotatable bonds is 2. The van der Waals surface area contributed by atoms with Crippen molar-refractivity contribution in [3.05, 3.63) is 35.9 Å². The van der Waals surface area contributed by atoms with Gasteiger partial charge in [-0.15, -0.1) is 0 Å². The van der Waals surface area contributed by atoms with Crippen LogP contribution >= 0.6 is 0 Å². The van der Waals surface area contributed by atoms with Crippen LogP contribution in [0.1, 0.15) is 24.9 Å². The van der Waals surface area contributed by atoms with Gasteiger partial charge in [0.15, 0.2) is 0 Å². The van der Waals surface area contributed by atoms with Gasteiger partial charge in [0.05, 0.1) is 0 Å². The maximum Gasteiger partial charge on any atom is 0.417 e. The Kier molecular flexibility index (Phi) is 2.90. The molecule has 1 aromatic carbocycles. The van der Waals surface area contributed by atoms with Gasteiger partial charge in [0.2, 0.25) is 5.91 Å². The van der Waals surface area contributed by atoms with Crippen molar-refractivity contribution >= 4 is 12.0 Å². The van der Waals surface area contributed by atoms with Crippen LogP contribution in [0.5, 0.6) is 0 Å². The van der Waals surface area contributed by atoms with Crippen molar-refractivity contribution in [2.75, 3.05) is 6.61 Å². The largest absolute Gasteiger partial charge is 0.446 e. The zero-order valence-corrected chi connectivity index (χ0v) is 9.05. The second kappa shape index (κ2) is 4.35. The van der Waals surface area contributed by atoms with Crippen molar-refractivity contribution in [2.24, 2.45) is 0 Å². The van der Waals surface area contributed by atoms with Crippen LogP contribution in [0.3, 0.4) is 0 Å². The van der Waals surface area contributed by atoms with E-state index in [2.05, 4.69) is 0 Å². The molecule has 0 radical (unpaired) electrons. The van der Waals surface area contributed by atoms with Crippen molar-refractivity contribution in [2.45, 2.75) is 19.4 Å². The predicted octanol–water partition coefficient (Wildman–Crippen LogP) is 2.12. The van der Waals surface area contributed by atoms with E-state index in [0.717, 1.165) is 5.56 Å². The van der Waals surface area contributed by atoms with E-state index in [4.69, 9.17) is 4.74 Å². The first-order chi connectivity index (χ1) is 7.74. The van der Waals surface area contributed by atoms with Crippen LogP contribution < -0.4 is 0 Å². The number of carbonyl (C=O) groups is 2. The van der Waals surface area contributed by atoms with Gasteiger partial charge in [-0.1, -0.05) is 37.3 Å². The van der Waals surface area contributed by atoms with Gasteiger partial charge in [0.1, 0.15) is 12.6 Å². The molecule has 1 saturated heterocycles. The number of amides is 2. The van der Waals surface area contributed by atoms with E-state index in [1.165, 1.54) is 4.90 Å². The lowest BCUT2D eigenvalue weighted by atomic mass is 10.1. The third-order valence-electron chi connectivity index (χ3n) is 2.63. The molecule has 4 heteroatoms. The molecule has 1 heterocycles. The highest BCUT2D eigenvalue weighted by atomic mass is 16.6. The first-order valence-corrected chi connectivity index (χ1v) is 5.27. The Hall–Kier alpha value is -1.84. The third-order valence-corrected chi connectivity index (χ3v) is 2.63. The number of benzene rings is 1. The Labute approximate surface area is 93.8 Å². The van der Waals surface area contributed by atoms with Gasteiger partial charge in [-0.2, -0.15) is 0 Å². The number of imide groups is 1. The summed E-state index contributed by atoms with van der Waals surface area (Å²) in [6, 6.07) is 9.17. The highest BCUT2D eigenvalue weighted by molar-refractivity contribution is 5.93. The van der Waals surface area contributed by atoms with Crippen LogP contribution in [-0.4, -0.2) is 23.5 Å². The Balaban J connectivity index is 2.28. The Morgan fingerprint density at radius 2 is 2.12 bits per heavy atom. The Bertz CT molecular complexity index is 402. The molecule has 4 nitrogen and oxygen atoms in total. The lowest BCUT2D eigenvalue weighted by molar-refractivity contribution is -0.128. The van der Waals surface area contributed by atoms with Crippen LogP contribution in [0.15, 0.2) is 30.3 Å². The molecule has 2 amide bonds. The minimum absolute atomic E-state index is 0.198. The molecule has 1 aliphatic rings. The second-order valence-corrected chi connectivity index (χ2v) is 3.62. The predicted molar refractivity (Wildman–Crippen MR) is 57.7 cm³/mol. The van der Waals surface area contributed by atoms with Gasteiger partial charge in [0.25, 0.3) is 0 Å². The van der Waals surface area contributed by atoms with E-state index in [9.17, 15) is 9.59 Å². The Morgan fingerprint density at radius 3 is 2.75 bits per heavy atom. The van der Waals surface area contributed by atoms with Crippen molar-refractivity contribution in [3.8, 4) is 0 Å². The molecule has 0 bridgehead atoms. The van der Waals surface area contributed by atoms with E-state index < -0.39 is 6.09 Å². The minimum atomic E-state index is -0.541. The third kappa shape index (κ3) is 1.78. The van der Waals surface area contributed by atoms with Crippen molar-refractivity contribution in [1.82, 2.24) is 4.90 Å². The van der Waals surface area contributed by atoms with E-state index in [1.54, 1.807) is 6.92 Å². The van der Waals surface area contributed by atoms with Gasteiger partial charge >= 0.3 is 6.09 Å². The molecule has 1 aromatic rings. The van der Waals surface area contributed by atoms with Crippen molar-refractivity contribution in [1.29, 1.82) is 0 Å². The van der Waals surface area contributed by atoms with E-state index in [-0.39, 0.29) is 18.6 Å². The fraction of sp³-hybridized carbons (Fsp3) is 0.333. The maximum absolute atomic E-state index is 11.6. The summed E-state index contributed by atoms with van der Waals surface area (Å²) in [4.78, 5) is 24.3.